The normalized spacial score (nSPS) is 23.5. The number of aromatic nitrogens is 2. The number of rotatable bonds is 4. The molecule has 1 amide bonds. The van der Waals surface area contributed by atoms with Crippen molar-refractivity contribution in [2.75, 3.05) is 46.0 Å². The summed E-state index contributed by atoms with van der Waals surface area (Å²) in [6.07, 6.45) is 4.82. The highest BCUT2D eigenvalue weighted by Crippen LogP contribution is 2.31. The Morgan fingerprint density at radius 1 is 1.18 bits per heavy atom. The van der Waals surface area contributed by atoms with Crippen LogP contribution < -0.4 is 5.56 Å². The van der Waals surface area contributed by atoms with Gasteiger partial charge in [0, 0.05) is 50.8 Å². The maximum Gasteiger partial charge on any atom is 0.256 e. The SMILES string of the molecule is O=C(c1ccc(=O)[nH]c1)N1CCO[C@@H](CN2CCOCC2)[C@@H]1c1cccnc1. The third-order valence-corrected chi connectivity index (χ3v) is 5.21. The molecule has 8 heteroatoms. The Morgan fingerprint density at radius 2 is 2.04 bits per heavy atom. The van der Waals surface area contributed by atoms with Crippen molar-refractivity contribution in [1.29, 1.82) is 0 Å². The number of pyridine rings is 2. The highest BCUT2D eigenvalue weighted by molar-refractivity contribution is 5.94. The van der Waals surface area contributed by atoms with Gasteiger partial charge in [-0.25, -0.2) is 0 Å². The minimum Gasteiger partial charge on any atom is -0.379 e. The molecular formula is C20H24N4O4. The molecule has 2 aromatic rings. The van der Waals surface area contributed by atoms with Gasteiger partial charge in [0.05, 0.1) is 37.5 Å². The van der Waals surface area contributed by atoms with Gasteiger partial charge in [-0.1, -0.05) is 6.07 Å². The topological polar surface area (TPSA) is 87.8 Å². The number of hydrogen-bond acceptors (Lipinski definition) is 6. The van der Waals surface area contributed by atoms with Crippen molar-refractivity contribution in [3.05, 3.63) is 64.3 Å². The molecule has 28 heavy (non-hydrogen) atoms. The van der Waals surface area contributed by atoms with Crippen LogP contribution in [0.3, 0.4) is 0 Å². The summed E-state index contributed by atoms with van der Waals surface area (Å²) in [4.78, 5) is 35.6. The van der Waals surface area contributed by atoms with Gasteiger partial charge < -0.3 is 19.4 Å². The number of aromatic amines is 1. The number of carbonyl (C=O) groups is 1. The number of ether oxygens (including phenoxy) is 2. The second kappa shape index (κ2) is 8.64. The molecule has 0 saturated carbocycles. The predicted octanol–water partition coefficient (Wildman–Crippen LogP) is 0.684. The summed E-state index contributed by atoms with van der Waals surface area (Å²) < 4.78 is 11.6. The van der Waals surface area contributed by atoms with Crippen molar-refractivity contribution >= 4 is 5.91 Å². The molecule has 2 aliphatic rings. The molecule has 2 atom stereocenters. The van der Waals surface area contributed by atoms with Crippen LogP contribution in [0.25, 0.3) is 0 Å². The van der Waals surface area contributed by atoms with E-state index in [0.29, 0.717) is 31.9 Å². The Hall–Kier alpha value is -2.55. The van der Waals surface area contributed by atoms with Crippen molar-refractivity contribution in [1.82, 2.24) is 19.8 Å². The predicted molar refractivity (Wildman–Crippen MR) is 102 cm³/mol. The van der Waals surface area contributed by atoms with Crippen LogP contribution in [0.5, 0.6) is 0 Å². The maximum absolute atomic E-state index is 13.2. The molecule has 2 fully saturated rings. The van der Waals surface area contributed by atoms with Gasteiger partial charge in [0.1, 0.15) is 0 Å². The summed E-state index contributed by atoms with van der Waals surface area (Å²) in [5.74, 6) is -0.125. The zero-order chi connectivity index (χ0) is 19.3. The van der Waals surface area contributed by atoms with Crippen LogP contribution in [0.1, 0.15) is 22.0 Å². The van der Waals surface area contributed by atoms with Crippen LogP contribution in [-0.4, -0.2) is 77.8 Å². The molecule has 0 radical (unpaired) electrons. The standard InChI is InChI=1S/C20H24N4O4/c25-18-4-3-16(13-22-18)20(26)24-8-11-28-17(14-23-6-9-27-10-7-23)19(24)15-2-1-5-21-12-15/h1-5,12-13,17,19H,6-11,14H2,(H,22,25)/t17-,19-/m0/s1. The first-order chi connectivity index (χ1) is 13.7. The second-order valence-corrected chi connectivity index (χ2v) is 6.99. The first-order valence-corrected chi connectivity index (χ1v) is 9.54. The fourth-order valence-electron chi connectivity index (χ4n) is 3.81. The number of nitrogens with zero attached hydrogens (tertiary/aromatic N) is 3. The van der Waals surface area contributed by atoms with Crippen molar-refractivity contribution < 1.29 is 14.3 Å². The van der Waals surface area contributed by atoms with E-state index < -0.39 is 0 Å². The summed E-state index contributed by atoms with van der Waals surface area (Å²) in [6.45, 7) is 4.81. The van der Waals surface area contributed by atoms with E-state index in [1.807, 2.05) is 17.0 Å². The highest BCUT2D eigenvalue weighted by atomic mass is 16.5. The average Bonchev–Trinajstić information content (AvgIpc) is 2.75. The third kappa shape index (κ3) is 4.14. The molecule has 148 valence electrons. The van der Waals surface area contributed by atoms with E-state index in [0.717, 1.165) is 25.2 Å². The molecule has 0 aromatic carbocycles. The van der Waals surface area contributed by atoms with E-state index >= 15 is 0 Å². The van der Waals surface area contributed by atoms with Gasteiger partial charge in [-0.3, -0.25) is 19.5 Å². The molecule has 2 aliphatic heterocycles. The van der Waals surface area contributed by atoms with Crippen LogP contribution >= 0.6 is 0 Å². The monoisotopic (exact) mass is 384 g/mol. The Balaban J connectivity index is 1.62. The fraction of sp³-hybridized carbons (Fsp3) is 0.450. The Labute approximate surface area is 163 Å². The molecule has 2 aromatic heterocycles. The molecule has 4 rings (SSSR count). The molecular weight excluding hydrogens is 360 g/mol. The van der Waals surface area contributed by atoms with Crippen molar-refractivity contribution in [3.63, 3.8) is 0 Å². The highest BCUT2D eigenvalue weighted by Gasteiger charge is 2.38. The van der Waals surface area contributed by atoms with Gasteiger partial charge in [-0.15, -0.1) is 0 Å². The number of amides is 1. The van der Waals surface area contributed by atoms with Crippen LogP contribution in [-0.2, 0) is 9.47 Å². The van der Waals surface area contributed by atoms with Crippen LogP contribution in [0.2, 0.25) is 0 Å². The zero-order valence-corrected chi connectivity index (χ0v) is 15.6. The van der Waals surface area contributed by atoms with Crippen molar-refractivity contribution in [3.8, 4) is 0 Å². The van der Waals surface area contributed by atoms with Crippen molar-refractivity contribution in [2.45, 2.75) is 12.1 Å². The first kappa shape index (κ1) is 18.8. The van der Waals surface area contributed by atoms with Gasteiger partial charge >= 0.3 is 0 Å². The number of H-pyrrole nitrogens is 1. The fourth-order valence-corrected chi connectivity index (χ4v) is 3.81. The minimum absolute atomic E-state index is 0.125. The number of carbonyl (C=O) groups excluding carboxylic acids is 1. The average molecular weight is 384 g/mol. The smallest absolute Gasteiger partial charge is 0.256 e. The van der Waals surface area contributed by atoms with Gasteiger partial charge in [0.2, 0.25) is 5.56 Å². The van der Waals surface area contributed by atoms with Crippen LogP contribution in [0.4, 0.5) is 0 Å². The molecule has 2 saturated heterocycles. The Morgan fingerprint density at radius 3 is 2.75 bits per heavy atom. The molecule has 8 nitrogen and oxygen atoms in total. The van der Waals surface area contributed by atoms with E-state index in [-0.39, 0.29) is 23.6 Å². The van der Waals surface area contributed by atoms with E-state index in [1.165, 1.54) is 12.3 Å². The molecule has 0 unspecified atom stereocenters. The third-order valence-electron chi connectivity index (χ3n) is 5.21. The van der Waals surface area contributed by atoms with Gasteiger partial charge in [-0.2, -0.15) is 0 Å². The lowest BCUT2D eigenvalue weighted by Crippen LogP contribution is -2.53. The summed E-state index contributed by atoms with van der Waals surface area (Å²) >= 11 is 0. The van der Waals surface area contributed by atoms with Crippen LogP contribution in [0, 0.1) is 0 Å². The van der Waals surface area contributed by atoms with E-state index in [4.69, 9.17) is 9.47 Å². The lowest BCUT2D eigenvalue weighted by molar-refractivity contribution is -0.0819. The Kier molecular flexibility index (Phi) is 5.80. The van der Waals surface area contributed by atoms with Gasteiger partial charge in [0.15, 0.2) is 0 Å². The first-order valence-electron chi connectivity index (χ1n) is 9.54. The molecule has 0 spiro atoms. The van der Waals surface area contributed by atoms with E-state index in [1.54, 1.807) is 18.5 Å². The quantitative estimate of drug-likeness (QED) is 0.834. The van der Waals surface area contributed by atoms with Gasteiger partial charge in [0.25, 0.3) is 5.91 Å². The maximum atomic E-state index is 13.2. The molecule has 1 N–H and O–H groups in total. The molecule has 4 heterocycles. The van der Waals surface area contributed by atoms with Crippen LogP contribution in [0.15, 0.2) is 47.7 Å². The zero-order valence-electron chi connectivity index (χ0n) is 15.6. The lowest BCUT2D eigenvalue weighted by atomic mass is 9.98. The number of morpholine rings is 2. The number of hydrogen-bond donors (Lipinski definition) is 1. The number of nitrogens with one attached hydrogen (secondary N) is 1. The summed E-state index contributed by atoms with van der Waals surface area (Å²) in [5.41, 5.74) is 1.17. The molecule has 0 bridgehead atoms. The Bertz CT molecular complexity index is 830. The second-order valence-electron chi connectivity index (χ2n) is 6.99. The van der Waals surface area contributed by atoms with E-state index in [2.05, 4.69) is 14.9 Å². The summed E-state index contributed by atoms with van der Waals surface area (Å²) in [5, 5.41) is 0. The lowest BCUT2D eigenvalue weighted by Gasteiger charge is -2.43. The van der Waals surface area contributed by atoms with E-state index in [9.17, 15) is 9.59 Å². The largest absolute Gasteiger partial charge is 0.379 e. The van der Waals surface area contributed by atoms with Gasteiger partial charge in [-0.05, 0) is 17.7 Å². The van der Waals surface area contributed by atoms with Crippen molar-refractivity contribution in [2.24, 2.45) is 0 Å². The molecule has 0 aliphatic carbocycles. The summed E-state index contributed by atoms with van der Waals surface area (Å²) in [7, 11) is 0. The minimum atomic E-state index is -0.246. The summed E-state index contributed by atoms with van der Waals surface area (Å²) in [6, 6.07) is 6.54.